The summed E-state index contributed by atoms with van der Waals surface area (Å²) in [6.07, 6.45) is -0.110. The van der Waals surface area contributed by atoms with Gasteiger partial charge in [-0.05, 0) is 12.8 Å². The van der Waals surface area contributed by atoms with Gasteiger partial charge in [-0.15, -0.1) is 0 Å². The molecule has 0 amide bonds. The summed E-state index contributed by atoms with van der Waals surface area (Å²) in [5, 5.41) is 3.95. The van der Waals surface area contributed by atoms with E-state index >= 15 is 0 Å². The fraction of sp³-hybridized carbons (Fsp3) is 0.750. The first-order valence-corrected chi connectivity index (χ1v) is 7.28. The average molecular weight is 270 g/mol. The van der Waals surface area contributed by atoms with E-state index in [1.54, 1.807) is 6.92 Å². The van der Waals surface area contributed by atoms with Gasteiger partial charge in [-0.2, -0.15) is 16.7 Å². The Morgan fingerprint density at radius 2 is 2.28 bits per heavy atom. The molecule has 0 bridgehead atoms. The molecule has 0 radical (unpaired) electrons. The van der Waals surface area contributed by atoms with Crippen LogP contribution in [0.3, 0.4) is 0 Å². The minimum absolute atomic E-state index is 0.0548. The maximum Gasteiger partial charge on any atom is 0.237 e. The molecule has 18 heavy (non-hydrogen) atoms. The van der Waals surface area contributed by atoms with Crippen molar-refractivity contribution in [2.45, 2.75) is 32.8 Å². The van der Waals surface area contributed by atoms with Crippen molar-refractivity contribution in [1.82, 2.24) is 10.1 Å². The first kappa shape index (κ1) is 13.5. The zero-order valence-electron chi connectivity index (χ0n) is 10.9. The summed E-state index contributed by atoms with van der Waals surface area (Å²) >= 11 is 1.81. The predicted molar refractivity (Wildman–Crippen MR) is 68.6 cm³/mol. The Morgan fingerprint density at radius 3 is 2.83 bits per heavy atom. The highest BCUT2D eigenvalue weighted by atomic mass is 32.2. The molecule has 5 nitrogen and oxygen atoms in total. The molecule has 2 heterocycles. The van der Waals surface area contributed by atoms with Gasteiger partial charge in [-0.3, -0.25) is 4.79 Å². The second-order valence-electron chi connectivity index (χ2n) is 4.76. The van der Waals surface area contributed by atoms with Gasteiger partial charge in [0.1, 0.15) is 11.9 Å². The maximum absolute atomic E-state index is 11.6. The molecule has 2 rings (SSSR count). The monoisotopic (exact) mass is 270 g/mol. The minimum atomic E-state index is -0.317. The van der Waals surface area contributed by atoms with E-state index in [9.17, 15) is 4.79 Å². The Labute approximate surface area is 111 Å². The molecule has 0 aliphatic carbocycles. The van der Waals surface area contributed by atoms with E-state index in [1.165, 1.54) is 0 Å². The second-order valence-corrected chi connectivity index (χ2v) is 5.91. The van der Waals surface area contributed by atoms with Crippen molar-refractivity contribution >= 4 is 17.5 Å². The standard InChI is InChI=1S/C12H18N2O3S/c1-7(2)10(8(3)15)12-13-11(14-17-12)9-6-18-5-4-16-9/h7,9-10H,4-6H2,1-3H3. The average Bonchev–Trinajstić information content (AvgIpc) is 2.78. The lowest BCUT2D eigenvalue weighted by Gasteiger charge is -2.18. The first-order valence-electron chi connectivity index (χ1n) is 6.13. The van der Waals surface area contributed by atoms with Crippen molar-refractivity contribution in [3.8, 4) is 0 Å². The number of nitrogens with zero attached hydrogens (tertiary/aromatic N) is 2. The van der Waals surface area contributed by atoms with Crippen LogP contribution in [0, 0.1) is 5.92 Å². The summed E-state index contributed by atoms with van der Waals surface area (Å²) in [6.45, 7) is 6.22. The van der Waals surface area contributed by atoms with E-state index < -0.39 is 0 Å². The summed E-state index contributed by atoms with van der Waals surface area (Å²) in [4.78, 5) is 15.9. The number of rotatable bonds is 4. The van der Waals surface area contributed by atoms with E-state index in [1.807, 2.05) is 25.6 Å². The van der Waals surface area contributed by atoms with Crippen molar-refractivity contribution in [1.29, 1.82) is 0 Å². The van der Waals surface area contributed by atoms with E-state index in [4.69, 9.17) is 9.26 Å². The van der Waals surface area contributed by atoms with Gasteiger partial charge in [0.25, 0.3) is 0 Å². The molecule has 1 aliphatic heterocycles. The number of carbonyl (C=O) groups excluding carboxylic acids is 1. The number of ether oxygens (including phenoxy) is 1. The van der Waals surface area contributed by atoms with Crippen LogP contribution in [0.25, 0.3) is 0 Å². The Balaban J connectivity index is 2.15. The molecule has 1 aromatic heterocycles. The summed E-state index contributed by atoms with van der Waals surface area (Å²) in [5.74, 6) is 2.70. The zero-order valence-corrected chi connectivity index (χ0v) is 11.7. The van der Waals surface area contributed by atoms with Crippen LogP contribution in [0.4, 0.5) is 0 Å². The molecule has 6 heteroatoms. The fourth-order valence-electron chi connectivity index (χ4n) is 2.07. The molecule has 0 spiro atoms. The van der Waals surface area contributed by atoms with Gasteiger partial charge in [0.15, 0.2) is 0 Å². The summed E-state index contributed by atoms with van der Waals surface area (Å²) in [5.41, 5.74) is 0. The first-order chi connectivity index (χ1) is 8.59. The van der Waals surface area contributed by atoms with Crippen LogP contribution in [-0.4, -0.2) is 34.0 Å². The normalized spacial score (nSPS) is 22.1. The summed E-state index contributed by atoms with van der Waals surface area (Å²) < 4.78 is 10.8. The molecule has 1 aromatic rings. The smallest absolute Gasteiger partial charge is 0.237 e. The van der Waals surface area contributed by atoms with Crippen LogP contribution in [0.1, 0.15) is 44.5 Å². The largest absolute Gasteiger partial charge is 0.368 e. The van der Waals surface area contributed by atoms with Crippen LogP contribution < -0.4 is 0 Å². The molecule has 0 saturated carbocycles. The summed E-state index contributed by atoms with van der Waals surface area (Å²) in [6, 6.07) is 0. The van der Waals surface area contributed by atoms with Gasteiger partial charge in [0.2, 0.25) is 11.7 Å². The predicted octanol–water partition coefficient (Wildman–Crippen LogP) is 2.20. The Bertz CT molecular complexity index is 413. The van der Waals surface area contributed by atoms with E-state index in [0.717, 1.165) is 11.5 Å². The number of Topliss-reactive ketones (excluding diaryl/α,β-unsaturated/α-hetero) is 1. The van der Waals surface area contributed by atoms with Gasteiger partial charge in [-0.1, -0.05) is 19.0 Å². The lowest BCUT2D eigenvalue weighted by atomic mass is 9.92. The summed E-state index contributed by atoms with van der Waals surface area (Å²) in [7, 11) is 0. The molecule has 2 unspecified atom stereocenters. The third-order valence-electron chi connectivity index (χ3n) is 2.93. The van der Waals surface area contributed by atoms with Crippen LogP contribution >= 0.6 is 11.8 Å². The highest BCUT2D eigenvalue weighted by Crippen LogP contribution is 2.28. The third kappa shape index (κ3) is 2.92. The molecular weight excluding hydrogens is 252 g/mol. The molecule has 1 fully saturated rings. The number of ketones is 1. The highest BCUT2D eigenvalue weighted by Gasteiger charge is 2.29. The minimum Gasteiger partial charge on any atom is -0.368 e. The Kier molecular flexibility index (Phi) is 4.40. The molecule has 2 atom stereocenters. The van der Waals surface area contributed by atoms with Crippen LogP contribution in [0.5, 0.6) is 0 Å². The molecule has 1 saturated heterocycles. The van der Waals surface area contributed by atoms with Gasteiger partial charge < -0.3 is 9.26 Å². The molecular formula is C12H18N2O3S. The van der Waals surface area contributed by atoms with Crippen molar-refractivity contribution in [3.05, 3.63) is 11.7 Å². The van der Waals surface area contributed by atoms with E-state index in [0.29, 0.717) is 18.3 Å². The van der Waals surface area contributed by atoms with E-state index in [-0.39, 0.29) is 23.7 Å². The number of thioether (sulfide) groups is 1. The second kappa shape index (κ2) is 5.84. The topological polar surface area (TPSA) is 65.2 Å². The van der Waals surface area contributed by atoms with Crippen LogP contribution in [-0.2, 0) is 9.53 Å². The van der Waals surface area contributed by atoms with Crippen molar-refractivity contribution in [3.63, 3.8) is 0 Å². The van der Waals surface area contributed by atoms with Crippen molar-refractivity contribution in [2.24, 2.45) is 5.92 Å². The molecule has 1 aliphatic rings. The van der Waals surface area contributed by atoms with Crippen LogP contribution in [0.2, 0.25) is 0 Å². The lowest BCUT2D eigenvalue weighted by molar-refractivity contribution is -0.119. The van der Waals surface area contributed by atoms with E-state index in [2.05, 4.69) is 10.1 Å². The quantitative estimate of drug-likeness (QED) is 0.835. The Morgan fingerprint density at radius 1 is 1.50 bits per heavy atom. The lowest BCUT2D eigenvalue weighted by Crippen LogP contribution is -2.18. The zero-order chi connectivity index (χ0) is 13.1. The van der Waals surface area contributed by atoms with Crippen molar-refractivity contribution in [2.75, 3.05) is 18.1 Å². The SMILES string of the molecule is CC(=O)C(c1nc(C2CSCCO2)no1)C(C)C. The molecule has 100 valence electrons. The van der Waals surface area contributed by atoms with Gasteiger partial charge >= 0.3 is 0 Å². The Hall–Kier alpha value is -0.880. The highest BCUT2D eigenvalue weighted by molar-refractivity contribution is 7.99. The number of carbonyl (C=O) groups is 1. The molecule has 0 aromatic carbocycles. The van der Waals surface area contributed by atoms with Gasteiger partial charge in [0, 0.05) is 11.5 Å². The van der Waals surface area contributed by atoms with Crippen molar-refractivity contribution < 1.29 is 14.1 Å². The van der Waals surface area contributed by atoms with Gasteiger partial charge in [-0.25, -0.2) is 0 Å². The third-order valence-corrected chi connectivity index (χ3v) is 3.93. The molecule has 0 N–H and O–H groups in total. The number of hydrogen-bond donors (Lipinski definition) is 0. The van der Waals surface area contributed by atoms with Crippen LogP contribution in [0.15, 0.2) is 4.52 Å². The number of aromatic nitrogens is 2. The maximum atomic E-state index is 11.6. The fourth-order valence-corrected chi connectivity index (χ4v) is 2.91. The number of hydrogen-bond acceptors (Lipinski definition) is 6. The van der Waals surface area contributed by atoms with Gasteiger partial charge in [0.05, 0.1) is 12.5 Å².